The molecule has 0 aromatic heterocycles. The molecular formula is C24H30OS. The Hall–Kier alpha value is -1.67. The molecule has 0 aliphatic carbocycles. The van der Waals surface area contributed by atoms with Crippen LogP contribution in [0, 0.1) is 62.3 Å². The maximum atomic E-state index is 12.5. The van der Waals surface area contributed by atoms with Crippen LogP contribution in [0.5, 0.6) is 0 Å². The summed E-state index contributed by atoms with van der Waals surface area (Å²) in [6.07, 6.45) is 1.80. The van der Waals surface area contributed by atoms with Gasteiger partial charge in [-0.2, -0.15) is 0 Å². The number of hydrogen-bond acceptors (Lipinski definition) is 1. The normalized spacial score (nSPS) is 13.0. The van der Waals surface area contributed by atoms with E-state index < -0.39 is 10.8 Å². The molecule has 2 heteroatoms. The van der Waals surface area contributed by atoms with Crippen molar-refractivity contribution in [3.8, 4) is 0 Å². The maximum absolute atomic E-state index is 12.5. The molecular weight excluding hydrogens is 336 g/mol. The van der Waals surface area contributed by atoms with Crippen LogP contribution in [0.25, 0.3) is 21.5 Å². The fraction of sp³-hybridized carbons (Fsp3) is 0.417. The van der Waals surface area contributed by atoms with Crippen LogP contribution < -0.4 is 0 Å². The Bertz CT molecular complexity index is 1130. The lowest BCUT2D eigenvalue weighted by atomic mass is 9.81. The van der Waals surface area contributed by atoms with Crippen LogP contribution in [0.2, 0.25) is 0 Å². The van der Waals surface area contributed by atoms with Gasteiger partial charge in [0.05, 0.1) is 10.8 Å². The molecule has 0 radical (unpaired) electrons. The van der Waals surface area contributed by atoms with Gasteiger partial charge in [0.2, 0.25) is 0 Å². The summed E-state index contributed by atoms with van der Waals surface area (Å²) >= 11 is 0. The number of benzene rings is 3. The zero-order valence-electron chi connectivity index (χ0n) is 17.8. The standard InChI is InChI=1S/C24H30OS/c1-11-12(2)14(4)21-18(8)23-19(9)24(26(10)25)16(6)15(5)22(23)17(7)20(21)13(11)3/h1-10H3. The molecule has 0 spiro atoms. The third-order valence-electron chi connectivity index (χ3n) is 6.72. The van der Waals surface area contributed by atoms with Crippen LogP contribution in [-0.4, -0.2) is 10.5 Å². The first-order valence-corrected chi connectivity index (χ1v) is 10.8. The smallest absolute Gasteiger partial charge is 0.0503 e. The second-order valence-corrected chi connectivity index (χ2v) is 9.22. The minimum atomic E-state index is -0.985. The first-order chi connectivity index (χ1) is 12.0. The molecule has 3 aromatic rings. The number of aryl methyl sites for hydroxylation is 6. The number of hydrogen-bond donors (Lipinski definition) is 0. The van der Waals surface area contributed by atoms with E-state index in [0.717, 1.165) is 4.90 Å². The van der Waals surface area contributed by atoms with Crippen LogP contribution in [0.15, 0.2) is 4.90 Å². The molecule has 0 N–H and O–H groups in total. The largest absolute Gasteiger partial charge is 0.255 e. The van der Waals surface area contributed by atoms with Gasteiger partial charge < -0.3 is 0 Å². The highest BCUT2D eigenvalue weighted by molar-refractivity contribution is 7.84. The second-order valence-electron chi connectivity index (χ2n) is 7.91. The lowest BCUT2D eigenvalue weighted by molar-refractivity contribution is 0.686. The minimum absolute atomic E-state index is 0.985. The molecule has 0 fully saturated rings. The van der Waals surface area contributed by atoms with Crippen molar-refractivity contribution in [1.29, 1.82) is 0 Å². The van der Waals surface area contributed by atoms with Gasteiger partial charge in [-0.15, -0.1) is 0 Å². The molecule has 1 nitrogen and oxygen atoms in total. The van der Waals surface area contributed by atoms with Crippen molar-refractivity contribution >= 4 is 32.3 Å². The summed E-state index contributed by atoms with van der Waals surface area (Å²) < 4.78 is 12.5. The van der Waals surface area contributed by atoms with E-state index in [4.69, 9.17) is 0 Å². The zero-order chi connectivity index (χ0) is 19.7. The molecule has 0 aliphatic rings. The molecule has 1 atom stereocenters. The van der Waals surface area contributed by atoms with E-state index in [1.165, 1.54) is 71.6 Å². The van der Waals surface area contributed by atoms with Crippen LogP contribution in [-0.2, 0) is 10.8 Å². The van der Waals surface area contributed by atoms with Gasteiger partial charge in [0.15, 0.2) is 0 Å². The Morgan fingerprint density at radius 2 is 0.731 bits per heavy atom. The van der Waals surface area contributed by atoms with Gasteiger partial charge in [0.1, 0.15) is 0 Å². The van der Waals surface area contributed by atoms with Crippen LogP contribution in [0.1, 0.15) is 50.1 Å². The topological polar surface area (TPSA) is 17.1 Å². The summed E-state index contributed by atoms with van der Waals surface area (Å²) in [5.41, 5.74) is 11.9. The third-order valence-corrected chi connectivity index (χ3v) is 7.91. The van der Waals surface area contributed by atoms with Crippen molar-refractivity contribution in [2.24, 2.45) is 0 Å². The van der Waals surface area contributed by atoms with Crippen LogP contribution >= 0.6 is 0 Å². The average Bonchev–Trinajstić information content (AvgIpc) is 2.57. The monoisotopic (exact) mass is 366 g/mol. The number of rotatable bonds is 1. The summed E-state index contributed by atoms with van der Waals surface area (Å²) in [4.78, 5) is 1.01. The summed E-state index contributed by atoms with van der Waals surface area (Å²) in [6, 6.07) is 0. The van der Waals surface area contributed by atoms with Gasteiger partial charge in [-0.1, -0.05) is 0 Å². The average molecular weight is 367 g/mol. The van der Waals surface area contributed by atoms with Crippen molar-refractivity contribution in [2.75, 3.05) is 6.26 Å². The predicted molar refractivity (Wildman–Crippen MR) is 116 cm³/mol. The van der Waals surface area contributed by atoms with Crippen molar-refractivity contribution < 1.29 is 4.21 Å². The molecule has 26 heavy (non-hydrogen) atoms. The van der Waals surface area contributed by atoms with Crippen molar-refractivity contribution in [2.45, 2.75) is 67.2 Å². The van der Waals surface area contributed by atoms with E-state index in [2.05, 4.69) is 62.3 Å². The van der Waals surface area contributed by atoms with Crippen molar-refractivity contribution in [3.05, 3.63) is 50.1 Å². The molecule has 0 saturated carbocycles. The molecule has 3 rings (SSSR count). The maximum Gasteiger partial charge on any atom is 0.0503 e. The minimum Gasteiger partial charge on any atom is -0.255 e. The summed E-state index contributed by atoms with van der Waals surface area (Å²) in [5, 5.41) is 5.44. The van der Waals surface area contributed by atoms with Crippen LogP contribution in [0.3, 0.4) is 0 Å². The van der Waals surface area contributed by atoms with Gasteiger partial charge in [-0.05, 0) is 134 Å². The summed E-state index contributed by atoms with van der Waals surface area (Å²) in [7, 11) is -0.985. The fourth-order valence-electron chi connectivity index (χ4n) is 5.00. The molecule has 138 valence electrons. The molecule has 0 heterocycles. The lowest BCUT2D eigenvalue weighted by Crippen LogP contribution is -2.05. The quantitative estimate of drug-likeness (QED) is 0.449. The molecule has 0 bridgehead atoms. The van der Waals surface area contributed by atoms with Gasteiger partial charge >= 0.3 is 0 Å². The van der Waals surface area contributed by atoms with Crippen molar-refractivity contribution in [3.63, 3.8) is 0 Å². The predicted octanol–water partition coefficient (Wildman–Crippen LogP) is 6.51. The van der Waals surface area contributed by atoms with E-state index in [1.54, 1.807) is 6.26 Å². The van der Waals surface area contributed by atoms with E-state index in [9.17, 15) is 4.21 Å². The van der Waals surface area contributed by atoms with Gasteiger partial charge in [0, 0.05) is 11.2 Å². The SMILES string of the molecule is Cc1c(C)c(C)c2c(C)c3c(C)c(S(C)=O)c(C)c(C)c3c(C)c2c1C. The van der Waals surface area contributed by atoms with E-state index >= 15 is 0 Å². The Balaban J connectivity index is 2.80. The Kier molecular flexibility index (Phi) is 4.55. The molecule has 0 saturated heterocycles. The highest BCUT2D eigenvalue weighted by Gasteiger charge is 2.22. The van der Waals surface area contributed by atoms with E-state index in [1.807, 2.05) is 0 Å². The lowest BCUT2D eigenvalue weighted by Gasteiger charge is -2.24. The molecule has 3 aromatic carbocycles. The highest BCUT2D eigenvalue weighted by atomic mass is 32.2. The van der Waals surface area contributed by atoms with Gasteiger partial charge in [0.25, 0.3) is 0 Å². The summed E-state index contributed by atoms with van der Waals surface area (Å²) in [5.74, 6) is 0. The molecule has 1 unspecified atom stereocenters. The first kappa shape index (κ1) is 19.1. The number of fused-ring (bicyclic) bond motifs is 2. The highest BCUT2D eigenvalue weighted by Crippen LogP contribution is 2.43. The Morgan fingerprint density at radius 3 is 1.08 bits per heavy atom. The Morgan fingerprint density at radius 1 is 0.423 bits per heavy atom. The van der Waals surface area contributed by atoms with E-state index in [-0.39, 0.29) is 0 Å². The molecule has 0 amide bonds. The third kappa shape index (κ3) is 2.31. The van der Waals surface area contributed by atoms with E-state index in [0.29, 0.717) is 0 Å². The zero-order valence-corrected chi connectivity index (χ0v) is 18.6. The summed E-state index contributed by atoms with van der Waals surface area (Å²) in [6.45, 7) is 19.9. The first-order valence-electron chi connectivity index (χ1n) is 9.28. The molecule has 0 aliphatic heterocycles. The second kappa shape index (κ2) is 6.20. The van der Waals surface area contributed by atoms with Crippen LogP contribution in [0.4, 0.5) is 0 Å². The van der Waals surface area contributed by atoms with Gasteiger partial charge in [-0.3, -0.25) is 4.21 Å². The Labute approximate surface area is 160 Å². The van der Waals surface area contributed by atoms with Crippen molar-refractivity contribution in [1.82, 2.24) is 0 Å². The van der Waals surface area contributed by atoms with Gasteiger partial charge in [-0.25, -0.2) is 0 Å². The fourth-order valence-corrected chi connectivity index (χ4v) is 6.11.